The molecule has 6 heteroatoms. The molecule has 0 spiro atoms. The molecule has 1 aliphatic rings. The number of hydrogen-bond acceptors (Lipinski definition) is 3. The van der Waals surface area contributed by atoms with E-state index in [1.165, 1.54) is 11.8 Å². The Kier molecular flexibility index (Phi) is 5.28. The van der Waals surface area contributed by atoms with Crippen LogP contribution in [0.25, 0.3) is 0 Å². The molecule has 0 fully saturated rings. The topological polar surface area (TPSA) is 34.1 Å². The maximum absolute atomic E-state index is 11.8. The molecule has 0 N–H and O–H groups in total. The Labute approximate surface area is 117 Å². The second kappa shape index (κ2) is 5.80. The highest BCUT2D eigenvalue weighted by atomic mass is 79.9. The summed E-state index contributed by atoms with van der Waals surface area (Å²) in [6.45, 7) is 2.03. The smallest absolute Gasteiger partial charge is 0.209 e. The van der Waals surface area contributed by atoms with Gasteiger partial charge in [-0.25, -0.2) is 0 Å². The van der Waals surface area contributed by atoms with E-state index < -0.39 is 0 Å². The van der Waals surface area contributed by atoms with Gasteiger partial charge in [-0.2, -0.15) is 0 Å². The third kappa shape index (κ3) is 2.84. The van der Waals surface area contributed by atoms with Gasteiger partial charge in [0.05, 0.1) is 18.4 Å². The molecular formula is C9H7Br3O2S. The Bertz CT molecular complexity index is 385. The van der Waals surface area contributed by atoms with Crippen LogP contribution in [0.3, 0.4) is 0 Å². The van der Waals surface area contributed by atoms with Crippen molar-refractivity contribution in [2.75, 3.05) is 5.75 Å². The van der Waals surface area contributed by atoms with Crippen molar-refractivity contribution in [2.45, 2.75) is 13.3 Å². The van der Waals surface area contributed by atoms with Crippen molar-refractivity contribution in [2.24, 2.45) is 0 Å². The van der Waals surface area contributed by atoms with Crippen LogP contribution in [0.4, 0.5) is 0 Å². The zero-order valence-corrected chi connectivity index (χ0v) is 13.3. The molecular weight excluding hydrogens is 412 g/mol. The van der Waals surface area contributed by atoms with Crippen LogP contribution >= 0.6 is 59.6 Å². The quantitative estimate of drug-likeness (QED) is 0.652. The van der Waals surface area contributed by atoms with E-state index in [2.05, 4.69) is 47.8 Å². The van der Waals surface area contributed by atoms with Crippen LogP contribution in [0.5, 0.6) is 0 Å². The second-order valence-corrected chi connectivity index (χ2v) is 6.26. The van der Waals surface area contributed by atoms with E-state index in [0.29, 0.717) is 13.9 Å². The lowest BCUT2D eigenvalue weighted by Crippen LogP contribution is -2.15. The number of allylic oxidation sites excluding steroid dienone is 4. The summed E-state index contributed by atoms with van der Waals surface area (Å²) in [6, 6.07) is 0. The second-order valence-electron chi connectivity index (χ2n) is 2.78. The lowest BCUT2D eigenvalue weighted by Gasteiger charge is -2.14. The molecule has 0 saturated carbocycles. The third-order valence-electron chi connectivity index (χ3n) is 1.65. The molecule has 15 heavy (non-hydrogen) atoms. The van der Waals surface area contributed by atoms with Gasteiger partial charge in [0.15, 0.2) is 0 Å². The van der Waals surface area contributed by atoms with Crippen molar-refractivity contribution in [1.29, 1.82) is 0 Å². The minimum Gasteiger partial charge on any atom is -0.287 e. The van der Waals surface area contributed by atoms with Gasteiger partial charge in [-0.05, 0) is 60.0 Å². The summed E-state index contributed by atoms with van der Waals surface area (Å²) in [5.74, 6) is 0.480. The summed E-state index contributed by atoms with van der Waals surface area (Å²) in [7, 11) is 0. The largest absolute Gasteiger partial charge is 0.287 e. The molecule has 82 valence electrons. The minimum absolute atomic E-state index is 0.146. The highest BCUT2D eigenvalue weighted by Gasteiger charge is 2.31. The van der Waals surface area contributed by atoms with E-state index >= 15 is 0 Å². The number of thioether (sulfide) groups is 1. The number of halogens is 3. The predicted molar refractivity (Wildman–Crippen MR) is 73.6 cm³/mol. The average Bonchev–Trinajstić information content (AvgIpc) is 2.24. The summed E-state index contributed by atoms with van der Waals surface area (Å²) in [6.07, 6.45) is 0.957. The van der Waals surface area contributed by atoms with E-state index in [0.717, 1.165) is 12.2 Å². The lowest BCUT2D eigenvalue weighted by molar-refractivity contribution is -0.114. The van der Waals surface area contributed by atoms with E-state index in [9.17, 15) is 9.59 Å². The normalized spacial score (nSPS) is 17.9. The number of Topliss-reactive ketones (excluding diaryl/α,β-unsaturated/α-hetero) is 2. The van der Waals surface area contributed by atoms with Crippen molar-refractivity contribution in [3.05, 3.63) is 18.4 Å². The lowest BCUT2D eigenvalue weighted by atomic mass is 10.2. The zero-order chi connectivity index (χ0) is 11.6. The number of rotatable bonds is 3. The van der Waals surface area contributed by atoms with E-state index in [4.69, 9.17) is 0 Å². The Morgan fingerprint density at radius 1 is 1.00 bits per heavy atom. The standard InChI is InChI=1S/C9H7Br3O2S/c1-2-3-15-9-6(12)7(13)4(10)5(11)8(9)14/h2-3H2,1H3. The fourth-order valence-corrected chi connectivity index (χ4v) is 3.67. The van der Waals surface area contributed by atoms with Crippen LogP contribution in [-0.2, 0) is 9.59 Å². The summed E-state index contributed by atoms with van der Waals surface area (Å²) < 4.78 is 0.926. The summed E-state index contributed by atoms with van der Waals surface area (Å²) >= 11 is 10.8. The first-order chi connectivity index (χ1) is 7.00. The molecule has 2 nitrogen and oxygen atoms in total. The Hall–Kier alpha value is 0.610. The Balaban J connectivity index is 3.05. The van der Waals surface area contributed by atoms with Crippen LogP contribution in [-0.4, -0.2) is 17.3 Å². The molecule has 0 aromatic carbocycles. The highest BCUT2D eigenvalue weighted by molar-refractivity contribution is 9.15. The summed E-state index contributed by atoms with van der Waals surface area (Å²) in [4.78, 5) is 23.9. The van der Waals surface area contributed by atoms with Crippen LogP contribution in [0.1, 0.15) is 13.3 Å². The van der Waals surface area contributed by atoms with Gasteiger partial charge in [0.2, 0.25) is 11.6 Å². The van der Waals surface area contributed by atoms with Gasteiger partial charge in [-0.1, -0.05) is 6.92 Å². The van der Waals surface area contributed by atoms with Gasteiger partial charge in [0, 0.05) is 0 Å². The third-order valence-corrected chi connectivity index (χ3v) is 6.00. The van der Waals surface area contributed by atoms with Gasteiger partial charge in [-0.3, -0.25) is 9.59 Å². The van der Waals surface area contributed by atoms with Crippen molar-refractivity contribution in [1.82, 2.24) is 0 Å². The first-order valence-corrected chi connectivity index (χ1v) is 7.54. The fourth-order valence-electron chi connectivity index (χ4n) is 0.931. The molecule has 0 amide bonds. The zero-order valence-electron chi connectivity index (χ0n) is 7.77. The molecule has 0 aromatic heterocycles. The number of hydrogen-bond donors (Lipinski definition) is 0. The molecule has 0 atom stereocenters. The Morgan fingerprint density at radius 3 is 2.07 bits per heavy atom. The summed E-state index contributed by atoms with van der Waals surface area (Å²) in [5.41, 5.74) is 0. The van der Waals surface area contributed by atoms with Crippen LogP contribution in [0.15, 0.2) is 18.4 Å². The average molecular weight is 419 g/mol. The monoisotopic (exact) mass is 416 g/mol. The minimum atomic E-state index is -0.194. The van der Waals surface area contributed by atoms with Crippen molar-refractivity contribution in [3.8, 4) is 0 Å². The van der Waals surface area contributed by atoms with E-state index in [1.807, 2.05) is 6.92 Å². The highest BCUT2D eigenvalue weighted by Crippen LogP contribution is 2.38. The van der Waals surface area contributed by atoms with Gasteiger partial charge in [-0.15, -0.1) is 11.8 Å². The molecule has 0 bridgehead atoms. The molecule has 1 aliphatic carbocycles. The van der Waals surface area contributed by atoms with Gasteiger partial charge >= 0.3 is 0 Å². The SMILES string of the molecule is CCCSC1=C(Br)C(=O)C(Br)=C(Br)C1=O. The van der Waals surface area contributed by atoms with Gasteiger partial charge in [0.25, 0.3) is 0 Å². The van der Waals surface area contributed by atoms with Crippen LogP contribution in [0.2, 0.25) is 0 Å². The van der Waals surface area contributed by atoms with E-state index in [1.54, 1.807) is 0 Å². The number of ketones is 2. The molecule has 0 unspecified atom stereocenters. The molecule has 0 aromatic rings. The van der Waals surface area contributed by atoms with Crippen molar-refractivity contribution in [3.63, 3.8) is 0 Å². The first-order valence-electron chi connectivity index (χ1n) is 4.18. The van der Waals surface area contributed by atoms with E-state index in [-0.39, 0.29) is 16.0 Å². The molecule has 1 rings (SSSR count). The molecule has 0 aliphatic heterocycles. The maximum Gasteiger partial charge on any atom is 0.209 e. The van der Waals surface area contributed by atoms with Crippen LogP contribution in [0, 0.1) is 0 Å². The van der Waals surface area contributed by atoms with Crippen molar-refractivity contribution >= 4 is 71.1 Å². The van der Waals surface area contributed by atoms with Gasteiger partial charge < -0.3 is 0 Å². The first kappa shape index (κ1) is 13.7. The van der Waals surface area contributed by atoms with Crippen molar-refractivity contribution < 1.29 is 9.59 Å². The molecule has 0 saturated heterocycles. The predicted octanol–water partition coefficient (Wildman–Crippen LogP) is 3.89. The van der Waals surface area contributed by atoms with Gasteiger partial charge in [0.1, 0.15) is 0 Å². The molecule has 0 radical (unpaired) electrons. The summed E-state index contributed by atoms with van der Waals surface area (Å²) in [5, 5.41) is 0. The van der Waals surface area contributed by atoms with Crippen LogP contribution < -0.4 is 0 Å². The number of carbonyl (C=O) groups excluding carboxylic acids is 2. The maximum atomic E-state index is 11.8. The fraction of sp³-hybridized carbons (Fsp3) is 0.333. The Morgan fingerprint density at radius 2 is 1.53 bits per heavy atom. The molecule has 0 heterocycles. The number of carbonyl (C=O) groups is 2.